The van der Waals surface area contributed by atoms with Gasteiger partial charge in [0.2, 0.25) is 0 Å². The van der Waals surface area contributed by atoms with Crippen LogP contribution in [0.4, 0.5) is 17.6 Å². The van der Waals surface area contributed by atoms with E-state index in [2.05, 4.69) is 4.74 Å². The summed E-state index contributed by atoms with van der Waals surface area (Å²) in [5, 5.41) is 0. The minimum Gasteiger partial charge on any atom is -1.00 e. The number of hydrogen-bond acceptors (Lipinski definition) is 1. The molecule has 0 fully saturated rings. The Balaban J connectivity index is 0.00000169. The van der Waals surface area contributed by atoms with E-state index in [9.17, 15) is 17.6 Å². The Bertz CT molecular complexity index is 315. The summed E-state index contributed by atoms with van der Waals surface area (Å²) in [5.41, 5.74) is 0. The van der Waals surface area contributed by atoms with E-state index < -0.39 is 17.9 Å². The van der Waals surface area contributed by atoms with E-state index in [1.54, 1.807) is 0 Å². The minimum atomic E-state index is -4.77. The van der Waals surface area contributed by atoms with E-state index >= 15 is 0 Å². The summed E-state index contributed by atoms with van der Waals surface area (Å²) < 4.78 is 51.4. The number of benzene rings is 1. The van der Waals surface area contributed by atoms with Crippen LogP contribution in [0.1, 0.15) is 0 Å². The van der Waals surface area contributed by atoms with Crippen molar-refractivity contribution in [2.24, 2.45) is 0 Å². The van der Waals surface area contributed by atoms with Crippen molar-refractivity contribution in [2.75, 3.05) is 0 Å². The van der Waals surface area contributed by atoms with Crippen molar-refractivity contribution in [3.8, 4) is 5.75 Å². The summed E-state index contributed by atoms with van der Waals surface area (Å²) in [4.78, 5) is 0. The molecule has 1 aromatic rings. The normalized spacial score (nSPS) is 10.7. The summed E-state index contributed by atoms with van der Waals surface area (Å²) in [6, 6.07) is 3.00. The number of ether oxygens (including phenoxy) is 1. The smallest absolute Gasteiger partial charge is 1.00 e. The van der Waals surface area contributed by atoms with Gasteiger partial charge in [-0.15, -0.1) is 0 Å². The van der Waals surface area contributed by atoms with Crippen LogP contribution in [0.3, 0.4) is 0 Å². The molecule has 0 spiro atoms. The summed E-state index contributed by atoms with van der Waals surface area (Å²) in [6.45, 7) is 0. The zero-order chi connectivity index (χ0) is 10.1. The van der Waals surface area contributed by atoms with Crippen LogP contribution in [-0.2, 0) is 0 Å². The Kier molecular flexibility index (Phi) is 4.97. The summed E-state index contributed by atoms with van der Waals surface area (Å²) >= 11 is 1.25. The van der Waals surface area contributed by atoms with Crippen LogP contribution in [0.2, 0.25) is 0 Å². The predicted octanol–water partition coefficient (Wildman–Crippen LogP) is -1.48. The number of hydrogen-bond donors (Lipinski definition) is 0. The molecule has 0 aliphatic rings. The molecular formula is C7H3ClF4MgO. The van der Waals surface area contributed by atoms with Crippen molar-refractivity contribution in [3.63, 3.8) is 0 Å². The van der Waals surface area contributed by atoms with Crippen LogP contribution in [0.15, 0.2) is 18.2 Å². The molecule has 1 rings (SSSR count). The Hall–Kier alpha value is -0.204. The minimum absolute atomic E-state index is 0. The Morgan fingerprint density at radius 2 is 1.79 bits per heavy atom. The van der Waals surface area contributed by atoms with Crippen molar-refractivity contribution in [3.05, 3.63) is 24.0 Å². The molecule has 0 aromatic heterocycles. The fraction of sp³-hybridized carbons (Fsp3) is 0.143. The van der Waals surface area contributed by atoms with Crippen molar-refractivity contribution in [1.82, 2.24) is 0 Å². The van der Waals surface area contributed by atoms with Crippen molar-refractivity contribution in [1.29, 1.82) is 0 Å². The van der Waals surface area contributed by atoms with E-state index in [0.717, 1.165) is 6.07 Å². The molecule has 0 heterocycles. The van der Waals surface area contributed by atoms with Gasteiger partial charge >= 0.3 is 83.8 Å². The van der Waals surface area contributed by atoms with Gasteiger partial charge in [0, 0.05) is 0 Å². The molecule has 0 radical (unpaired) electrons. The van der Waals surface area contributed by atoms with Crippen LogP contribution in [0, 0.1) is 5.82 Å². The molecule has 7 heteroatoms. The van der Waals surface area contributed by atoms with Gasteiger partial charge in [0.25, 0.3) is 0 Å². The first-order valence-corrected chi connectivity index (χ1v) is 3.96. The second kappa shape index (κ2) is 5.04. The van der Waals surface area contributed by atoms with Crippen molar-refractivity contribution >= 4 is 25.4 Å². The third kappa shape index (κ3) is 4.34. The average molecular weight is 239 g/mol. The molecule has 1 nitrogen and oxygen atoms in total. The number of halogens is 5. The molecule has 0 aliphatic carbocycles. The van der Waals surface area contributed by atoms with Gasteiger partial charge in [-0.1, -0.05) is 0 Å². The summed E-state index contributed by atoms with van der Waals surface area (Å²) in [5.74, 6) is -1.25. The summed E-state index contributed by atoms with van der Waals surface area (Å²) in [6.07, 6.45) is -4.77. The Morgan fingerprint density at radius 1 is 1.21 bits per heavy atom. The maximum atomic E-state index is 12.7. The second-order valence-electron chi connectivity index (χ2n) is 2.30. The molecule has 0 atom stereocenters. The predicted molar refractivity (Wildman–Crippen MR) is 38.5 cm³/mol. The zero-order valence-electron chi connectivity index (χ0n) is 6.74. The van der Waals surface area contributed by atoms with Gasteiger partial charge in [0.05, 0.1) is 0 Å². The summed E-state index contributed by atoms with van der Waals surface area (Å²) in [7, 11) is 0. The fourth-order valence-electron chi connectivity index (χ4n) is 0.725. The molecule has 0 aliphatic heterocycles. The van der Waals surface area contributed by atoms with Crippen LogP contribution < -0.4 is 20.8 Å². The number of rotatable bonds is 1. The SMILES string of the molecule is Fc1cc(OC(F)(F)F)cc[c]1[Mg+].[Cl-]. The maximum Gasteiger partial charge on any atom is -1.00 e. The van der Waals surface area contributed by atoms with Gasteiger partial charge in [-0.2, -0.15) is 0 Å². The third-order valence-corrected chi connectivity index (χ3v) is 1.83. The molecule has 0 bridgehead atoms. The molecule has 0 N–H and O–H groups in total. The van der Waals surface area contributed by atoms with Gasteiger partial charge in [-0.05, 0) is 0 Å². The van der Waals surface area contributed by atoms with Crippen LogP contribution in [0.5, 0.6) is 5.75 Å². The van der Waals surface area contributed by atoms with E-state index in [1.807, 2.05) is 0 Å². The molecule has 0 unspecified atom stereocenters. The van der Waals surface area contributed by atoms with E-state index in [4.69, 9.17) is 0 Å². The first-order chi connectivity index (χ1) is 5.88. The zero-order valence-corrected chi connectivity index (χ0v) is 8.91. The fourth-order valence-corrected chi connectivity index (χ4v) is 0.945. The van der Waals surface area contributed by atoms with Gasteiger partial charge in [-0.25, -0.2) is 0 Å². The van der Waals surface area contributed by atoms with Gasteiger partial charge in [-0.3, -0.25) is 0 Å². The Labute approximate surface area is 96.3 Å². The quantitative estimate of drug-likeness (QED) is 0.429. The molecule has 0 amide bonds. The molecule has 0 saturated carbocycles. The monoisotopic (exact) mass is 238 g/mol. The third-order valence-electron chi connectivity index (χ3n) is 1.26. The molecule has 0 saturated heterocycles. The topological polar surface area (TPSA) is 9.23 Å². The van der Waals surface area contributed by atoms with E-state index in [1.165, 1.54) is 27.8 Å². The first-order valence-electron chi connectivity index (χ1n) is 3.26. The van der Waals surface area contributed by atoms with Crippen molar-refractivity contribution in [2.45, 2.75) is 6.36 Å². The average Bonchev–Trinajstić information content (AvgIpc) is 1.94. The Morgan fingerprint density at radius 3 is 2.21 bits per heavy atom. The number of alkyl halides is 3. The largest absolute Gasteiger partial charge is 1.00 e. The second-order valence-corrected chi connectivity index (χ2v) is 3.06. The van der Waals surface area contributed by atoms with Crippen LogP contribution >= 0.6 is 0 Å². The molecular weight excluding hydrogens is 236 g/mol. The van der Waals surface area contributed by atoms with E-state index in [0.29, 0.717) is 9.76 Å². The van der Waals surface area contributed by atoms with Gasteiger partial charge in [0.15, 0.2) is 0 Å². The van der Waals surface area contributed by atoms with Crippen LogP contribution in [0.25, 0.3) is 0 Å². The first kappa shape index (κ1) is 13.8. The van der Waals surface area contributed by atoms with Gasteiger partial charge < -0.3 is 12.4 Å². The van der Waals surface area contributed by atoms with Gasteiger partial charge in [0.1, 0.15) is 0 Å². The van der Waals surface area contributed by atoms with Crippen LogP contribution in [-0.4, -0.2) is 28.1 Å². The van der Waals surface area contributed by atoms with E-state index in [-0.39, 0.29) is 12.4 Å². The standard InChI is InChI=1S/C7H3F4O.ClH.Mg/c8-5-2-1-3-6(4-5)12-7(9,10)11;;/h1,3-4H;1H;/q;;+1/p-1. The maximum absolute atomic E-state index is 12.7. The molecule has 1 aromatic carbocycles. The van der Waals surface area contributed by atoms with Crippen molar-refractivity contribution < 1.29 is 34.7 Å². The molecule has 14 heavy (non-hydrogen) atoms. The molecule has 74 valence electrons.